The molecule has 1 atom stereocenters. The Kier molecular flexibility index (Phi) is 7.20. The molecule has 0 saturated heterocycles. The second kappa shape index (κ2) is 9.87. The van der Waals surface area contributed by atoms with Crippen molar-refractivity contribution in [2.24, 2.45) is 0 Å². The van der Waals surface area contributed by atoms with Gasteiger partial charge in [0.1, 0.15) is 5.75 Å². The zero-order chi connectivity index (χ0) is 23.3. The second-order valence-corrected chi connectivity index (χ2v) is 9.33. The minimum Gasteiger partial charge on any atom is -0.494 e. The van der Waals surface area contributed by atoms with E-state index in [1.54, 1.807) is 49.4 Å². The summed E-state index contributed by atoms with van der Waals surface area (Å²) in [4.78, 5) is 13.0. The average Bonchev–Trinajstić information content (AvgIpc) is 2.76. The van der Waals surface area contributed by atoms with Gasteiger partial charge >= 0.3 is 0 Å². The van der Waals surface area contributed by atoms with E-state index in [0.717, 1.165) is 22.4 Å². The van der Waals surface area contributed by atoms with Gasteiger partial charge in [0.2, 0.25) is 0 Å². The topological polar surface area (TPSA) is 84.5 Å². The molecule has 1 amide bonds. The molecule has 168 valence electrons. The van der Waals surface area contributed by atoms with Crippen LogP contribution in [-0.4, -0.2) is 20.9 Å². The first-order valence-corrected chi connectivity index (χ1v) is 11.9. The van der Waals surface area contributed by atoms with Crippen molar-refractivity contribution in [3.63, 3.8) is 0 Å². The zero-order valence-electron chi connectivity index (χ0n) is 18.7. The Balaban J connectivity index is 1.75. The van der Waals surface area contributed by atoms with E-state index in [-0.39, 0.29) is 16.8 Å². The van der Waals surface area contributed by atoms with Crippen LogP contribution in [0.2, 0.25) is 0 Å². The number of ether oxygens (including phenoxy) is 1. The van der Waals surface area contributed by atoms with Gasteiger partial charge in [-0.25, -0.2) is 8.42 Å². The van der Waals surface area contributed by atoms with Crippen LogP contribution in [0.15, 0.2) is 71.6 Å². The fraction of sp³-hybridized carbons (Fsp3) is 0.240. The average molecular weight is 453 g/mol. The minimum atomic E-state index is -3.76. The Hall–Kier alpha value is -3.32. The van der Waals surface area contributed by atoms with Gasteiger partial charge in [0.05, 0.1) is 23.2 Å². The van der Waals surface area contributed by atoms with Crippen molar-refractivity contribution in [3.8, 4) is 5.75 Å². The van der Waals surface area contributed by atoms with Crippen LogP contribution in [0, 0.1) is 13.8 Å². The molecule has 0 heterocycles. The lowest BCUT2D eigenvalue weighted by Gasteiger charge is -2.16. The molecule has 6 nitrogen and oxygen atoms in total. The van der Waals surface area contributed by atoms with Gasteiger partial charge in [-0.1, -0.05) is 35.9 Å². The predicted octanol–water partition coefficient (Wildman–Crippen LogP) is 4.99. The Labute approximate surface area is 189 Å². The number of amides is 1. The summed E-state index contributed by atoms with van der Waals surface area (Å²) in [6.45, 7) is 8.09. The number of carbonyl (C=O) groups is 1. The van der Waals surface area contributed by atoms with Crippen molar-refractivity contribution in [1.82, 2.24) is 5.32 Å². The van der Waals surface area contributed by atoms with Crippen LogP contribution in [0.1, 0.15) is 46.9 Å². The smallest absolute Gasteiger partial charge is 0.261 e. The number of rotatable bonds is 8. The van der Waals surface area contributed by atoms with Gasteiger partial charge < -0.3 is 10.1 Å². The molecule has 0 aliphatic carbocycles. The summed E-state index contributed by atoms with van der Waals surface area (Å²) in [5.41, 5.74) is 3.37. The first kappa shape index (κ1) is 23.3. The zero-order valence-corrected chi connectivity index (χ0v) is 19.5. The summed E-state index contributed by atoms with van der Waals surface area (Å²) >= 11 is 0. The van der Waals surface area contributed by atoms with Crippen molar-refractivity contribution in [3.05, 3.63) is 89.0 Å². The van der Waals surface area contributed by atoms with Gasteiger partial charge in [-0.3, -0.25) is 9.52 Å². The number of carbonyl (C=O) groups excluding carboxylic acids is 1. The van der Waals surface area contributed by atoms with E-state index in [0.29, 0.717) is 17.9 Å². The molecule has 0 aliphatic rings. The maximum atomic E-state index is 12.8. The first-order valence-electron chi connectivity index (χ1n) is 10.4. The SMILES string of the molecule is CCOc1ccc([C@@H](C)NC(=O)c2ccc(C)c(NS(=O)(=O)c3ccc(C)cc3)c2)cc1. The number of hydrogen-bond acceptors (Lipinski definition) is 4. The number of nitrogens with one attached hydrogen (secondary N) is 2. The van der Waals surface area contributed by atoms with Gasteiger partial charge in [0.15, 0.2) is 0 Å². The standard InChI is InChI=1S/C25H28N2O4S/c1-5-31-22-12-10-20(11-13-22)19(4)26-25(28)21-9-8-18(3)24(16-21)27-32(29,30)23-14-6-17(2)7-15-23/h6-16,19,27H,5H2,1-4H3,(H,26,28)/t19-/m1/s1. The lowest BCUT2D eigenvalue weighted by Crippen LogP contribution is -2.26. The van der Waals surface area contributed by atoms with Gasteiger partial charge in [0, 0.05) is 5.56 Å². The van der Waals surface area contributed by atoms with Crippen LogP contribution in [0.5, 0.6) is 5.75 Å². The number of benzene rings is 3. The molecule has 3 rings (SSSR count). The maximum Gasteiger partial charge on any atom is 0.261 e. The highest BCUT2D eigenvalue weighted by Crippen LogP contribution is 2.23. The molecule has 0 unspecified atom stereocenters. The molecule has 0 saturated carbocycles. The molecule has 3 aromatic rings. The van der Waals surface area contributed by atoms with E-state index in [9.17, 15) is 13.2 Å². The summed E-state index contributed by atoms with van der Waals surface area (Å²) in [6, 6.07) is 18.9. The van der Waals surface area contributed by atoms with E-state index in [2.05, 4.69) is 10.0 Å². The second-order valence-electron chi connectivity index (χ2n) is 7.65. The minimum absolute atomic E-state index is 0.168. The van der Waals surface area contributed by atoms with Crippen LogP contribution >= 0.6 is 0 Å². The van der Waals surface area contributed by atoms with Gasteiger partial charge in [-0.05, 0) is 75.2 Å². The lowest BCUT2D eigenvalue weighted by atomic mass is 10.1. The van der Waals surface area contributed by atoms with Crippen LogP contribution in [-0.2, 0) is 10.0 Å². The highest BCUT2D eigenvalue weighted by Gasteiger charge is 2.17. The summed E-state index contributed by atoms with van der Waals surface area (Å²) in [5, 5.41) is 2.95. The highest BCUT2D eigenvalue weighted by atomic mass is 32.2. The molecule has 3 aromatic carbocycles. The van der Waals surface area contributed by atoms with Crippen LogP contribution in [0.3, 0.4) is 0 Å². The monoisotopic (exact) mass is 452 g/mol. The van der Waals surface area contributed by atoms with Crippen molar-refractivity contribution < 1.29 is 17.9 Å². The number of aryl methyl sites for hydroxylation is 2. The van der Waals surface area contributed by atoms with E-state index in [4.69, 9.17) is 4.74 Å². The van der Waals surface area contributed by atoms with E-state index < -0.39 is 10.0 Å². The van der Waals surface area contributed by atoms with Crippen molar-refractivity contribution in [2.75, 3.05) is 11.3 Å². The highest BCUT2D eigenvalue weighted by molar-refractivity contribution is 7.92. The summed E-state index contributed by atoms with van der Waals surface area (Å²) in [7, 11) is -3.76. The van der Waals surface area contributed by atoms with Crippen LogP contribution < -0.4 is 14.8 Å². The summed E-state index contributed by atoms with van der Waals surface area (Å²) in [5.74, 6) is 0.487. The normalized spacial score (nSPS) is 12.1. The number of anilines is 1. The molecule has 0 radical (unpaired) electrons. The largest absolute Gasteiger partial charge is 0.494 e. The third-order valence-electron chi connectivity index (χ3n) is 5.11. The molecular weight excluding hydrogens is 424 g/mol. The molecule has 2 N–H and O–H groups in total. The molecule has 7 heteroatoms. The van der Waals surface area contributed by atoms with E-state index in [1.807, 2.05) is 45.0 Å². The lowest BCUT2D eigenvalue weighted by molar-refractivity contribution is 0.0940. The van der Waals surface area contributed by atoms with Crippen LogP contribution in [0.4, 0.5) is 5.69 Å². The fourth-order valence-electron chi connectivity index (χ4n) is 3.18. The van der Waals surface area contributed by atoms with Crippen LogP contribution in [0.25, 0.3) is 0 Å². The Bertz CT molecular complexity index is 1190. The molecular formula is C25H28N2O4S. The Morgan fingerprint density at radius 2 is 1.62 bits per heavy atom. The number of hydrogen-bond donors (Lipinski definition) is 2. The quantitative estimate of drug-likeness (QED) is 0.504. The summed E-state index contributed by atoms with van der Waals surface area (Å²) in [6.07, 6.45) is 0. The molecule has 0 bridgehead atoms. The van der Waals surface area contributed by atoms with Crippen molar-refractivity contribution >= 4 is 21.6 Å². The van der Waals surface area contributed by atoms with Gasteiger partial charge in [-0.2, -0.15) is 0 Å². The van der Waals surface area contributed by atoms with Crippen molar-refractivity contribution in [2.45, 2.75) is 38.6 Å². The summed E-state index contributed by atoms with van der Waals surface area (Å²) < 4.78 is 33.6. The molecule has 0 fully saturated rings. The Morgan fingerprint density at radius 1 is 0.969 bits per heavy atom. The van der Waals surface area contributed by atoms with E-state index >= 15 is 0 Å². The van der Waals surface area contributed by atoms with E-state index in [1.165, 1.54) is 0 Å². The Morgan fingerprint density at radius 3 is 2.25 bits per heavy atom. The fourth-order valence-corrected chi connectivity index (χ4v) is 4.30. The van der Waals surface area contributed by atoms with Gasteiger partial charge in [-0.15, -0.1) is 0 Å². The first-order chi connectivity index (χ1) is 15.2. The van der Waals surface area contributed by atoms with Crippen molar-refractivity contribution in [1.29, 1.82) is 0 Å². The molecule has 0 aromatic heterocycles. The molecule has 32 heavy (non-hydrogen) atoms. The maximum absolute atomic E-state index is 12.8. The third-order valence-corrected chi connectivity index (χ3v) is 6.50. The van der Waals surface area contributed by atoms with Gasteiger partial charge in [0.25, 0.3) is 15.9 Å². The molecule has 0 spiro atoms. The predicted molar refractivity (Wildman–Crippen MR) is 127 cm³/mol. The number of sulfonamides is 1. The molecule has 0 aliphatic heterocycles. The third kappa shape index (κ3) is 5.68.